The molecule has 0 atom stereocenters. The number of ether oxygens (including phenoxy) is 2. The first-order valence-corrected chi connectivity index (χ1v) is 7.66. The van der Waals surface area contributed by atoms with Gasteiger partial charge in [-0.05, 0) is 42.5 Å². The highest BCUT2D eigenvalue weighted by Gasteiger charge is 2.08. The predicted molar refractivity (Wildman–Crippen MR) is 90.2 cm³/mol. The van der Waals surface area contributed by atoms with Crippen LogP contribution in [-0.2, 0) is 4.79 Å². The standard InChI is InChI=1S/C18H19FN2O4/c1-24-15-5-7-16(8-6-15)25-10-9-20-17(22)12-21-18(23)13-3-2-4-14(19)11-13/h2-8,11H,9-10,12H2,1H3,(H,20,22)(H,21,23). The van der Waals surface area contributed by atoms with Crippen LogP contribution in [-0.4, -0.2) is 38.6 Å². The van der Waals surface area contributed by atoms with Crippen molar-refractivity contribution in [1.82, 2.24) is 10.6 Å². The molecule has 2 aromatic rings. The third-order valence-electron chi connectivity index (χ3n) is 3.25. The topological polar surface area (TPSA) is 76.7 Å². The van der Waals surface area contributed by atoms with E-state index in [0.29, 0.717) is 12.3 Å². The molecule has 0 spiro atoms. The van der Waals surface area contributed by atoms with E-state index in [0.717, 1.165) is 11.8 Å². The summed E-state index contributed by atoms with van der Waals surface area (Å²) in [5.74, 6) is 0.0177. The maximum atomic E-state index is 13.0. The lowest BCUT2D eigenvalue weighted by atomic mass is 10.2. The minimum Gasteiger partial charge on any atom is -0.497 e. The maximum absolute atomic E-state index is 13.0. The number of hydrogen-bond donors (Lipinski definition) is 2. The molecule has 0 aliphatic rings. The summed E-state index contributed by atoms with van der Waals surface area (Å²) in [5.41, 5.74) is 0.163. The summed E-state index contributed by atoms with van der Waals surface area (Å²) < 4.78 is 23.5. The van der Waals surface area contributed by atoms with Crippen molar-refractivity contribution in [2.45, 2.75) is 0 Å². The van der Waals surface area contributed by atoms with Gasteiger partial charge >= 0.3 is 0 Å². The fourth-order valence-corrected chi connectivity index (χ4v) is 1.99. The van der Waals surface area contributed by atoms with Crippen LogP contribution in [0.4, 0.5) is 4.39 Å². The van der Waals surface area contributed by atoms with Crippen molar-refractivity contribution in [3.05, 3.63) is 59.9 Å². The summed E-state index contributed by atoms with van der Waals surface area (Å²) >= 11 is 0. The lowest BCUT2D eigenvalue weighted by Gasteiger charge is -2.09. The van der Waals surface area contributed by atoms with Crippen LogP contribution in [0.5, 0.6) is 11.5 Å². The molecule has 2 N–H and O–H groups in total. The molecule has 2 amide bonds. The van der Waals surface area contributed by atoms with E-state index in [2.05, 4.69) is 10.6 Å². The van der Waals surface area contributed by atoms with Gasteiger partial charge in [-0.25, -0.2) is 4.39 Å². The summed E-state index contributed by atoms with van der Waals surface area (Å²) in [5, 5.41) is 5.04. The smallest absolute Gasteiger partial charge is 0.251 e. The van der Waals surface area contributed by atoms with Crippen LogP contribution in [0.25, 0.3) is 0 Å². The van der Waals surface area contributed by atoms with Gasteiger partial charge in [0.15, 0.2) is 0 Å². The van der Waals surface area contributed by atoms with Crippen LogP contribution in [0.1, 0.15) is 10.4 Å². The van der Waals surface area contributed by atoms with E-state index in [1.807, 2.05) is 0 Å². The molecule has 7 heteroatoms. The number of methoxy groups -OCH3 is 1. The van der Waals surface area contributed by atoms with Gasteiger partial charge < -0.3 is 20.1 Å². The highest BCUT2D eigenvalue weighted by Crippen LogP contribution is 2.16. The van der Waals surface area contributed by atoms with Crippen molar-refractivity contribution >= 4 is 11.8 Å². The van der Waals surface area contributed by atoms with Crippen LogP contribution in [0.2, 0.25) is 0 Å². The normalized spacial score (nSPS) is 10.0. The summed E-state index contributed by atoms with van der Waals surface area (Å²) in [6, 6.07) is 12.3. The number of hydrogen-bond acceptors (Lipinski definition) is 4. The minimum absolute atomic E-state index is 0.163. The summed E-state index contributed by atoms with van der Waals surface area (Å²) in [4.78, 5) is 23.4. The Kier molecular flexibility index (Phi) is 6.76. The molecule has 25 heavy (non-hydrogen) atoms. The molecule has 0 unspecified atom stereocenters. The Balaban J connectivity index is 1.64. The molecule has 2 rings (SSSR count). The third kappa shape index (κ3) is 6.14. The Bertz CT molecular complexity index is 719. The highest BCUT2D eigenvalue weighted by atomic mass is 19.1. The average molecular weight is 346 g/mol. The number of carbonyl (C=O) groups is 2. The molecule has 0 aromatic heterocycles. The molecule has 0 aliphatic heterocycles. The van der Waals surface area contributed by atoms with E-state index in [9.17, 15) is 14.0 Å². The molecular weight excluding hydrogens is 327 g/mol. The van der Waals surface area contributed by atoms with E-state index in [-0.39, 0.29) is 24.6 Å². The molecule has 2 aromatic carbocycles. The molecule has 0 saturated carbocycles. The van der Waals surface area contributed by atoms with Crippen LogP contribution >= 0.6 is 0 Å². The van der Waals surface area contributed by atoms with Gasteiger partial charge in [0.2, 0.25) is 5.91 Å². The second-order valence-corrected chi connectivity index (χ2v) is 5.07. The Morgan fingerprint density at radius 3 is 2.44 bits per heavy atom. The lowest BCUT2D eigenvalue weighted by molar-refractivity contribution is -0.120. The molecule has 0 bridgehead atoms. The molecule has 0 radical (unpaired) electrons. The fourth-order valence-electron chi connectivity index (χ4n) is 1.99. The van der Waals surface area contributed by atoms with Gasteiger partial charge in [0.25, 0.3) is 5.91 Å². The van der Waals surface area contributed by atoms with Gasteiger partial charge in [0.1, 0.15) is 23.9 Å². The molecule has 0 fully saturated rings. The summed E-state index contributed by atoms with van der Waals surface area (Å²) in [6.45, 7) is 0.383. The number of amides is 2. The van der Waals surface area contributed by atoms with E-state index < -0.39 is 11.7 Å². The van der Waals surface area contributed by atoms with Crippen LogP contribution in [0, 0.1) is 5.82 Å². The summed E-state index contributed by atoms with van der Waals surface area (Å²) in [6.07, 6.45) is 0. The number of halogens is 1. The molecule has 6 nitrogen and oxygen atoms in total. The van der Waals surface area contributed by atoms with Gasteiger partial charge in [-0.1, -0.05) is 6.07 Å². The Morgan fingerprint density at radius 2 is 1.76 bits per heavy atom. The Labute approximate surface area is 144 Å². The van der Waals surface area contributed by atoms with Crippen molar-refractivity contribution in [3.8, 4) is 11.5 Å². The lowest BCUT2D eigenvalue weighted by Crippen LogP contribution is -2.38. The van der Waals surface area contributed by atoms with E-state index in [1.54, 1.807) is 31.4 Å². The summed E-state index contributed by atoms with van der Waals surface area (Å²) in [7, 11) is 1.58. The van der Waals surface area contributed by atoms with Gasteiger partial charge in [0, 0.05) is 5.56 Å². The van der Waals surface area contributed by atoms with Crippen molar-refractivity contribution in [3.63, 3.8) is 0 Å². The first kappa shape index (κ1) is 18.3. The fraction of sp³-hybridized carbons (Fsp3) is 0.222. The SMILES string of the molecule is COc1ccc(OCCNC(=O)CNC(=O)c2cccc(F)c2)cc1. The zero-order valence-electron chi connectivity index (χ0n) is 13.8. The Morgan fingerprint density at radius 1 is 1.04 bits per heavy atom. The molecule has 132 valence electrons. The monoisotopic (exact) mass is 346 g/mol. The van der Waals surface area contributed by atoms with Gasteiger partial charge in [-0.2, -0.15) is 0 Å². The second kappa shape index (κ2) is 9.27. The number of carbonyl (C=O) groups excluding carboxylic acids is 2. The van der Waals surface area contributed by atoms with Crippen molar-refractivity contribution in [1.29, 1.82) is 0 Å². The molecule has 0 saturated heterocycles. The van der Waals surface area contributed by atoms with Crippen molar-refractivity contribution in [2.24, 2.45) is 0 Å². The first-order chi connectivity index (χ1) is 12.1. The van der Waals surface area contributed by atoms with Crippen molar-refractivity contribution < 1.29 is 23.5 Å². The van der Waals surface area contributed by atoms with Gasteiger partial charge in [0.05, 0.1) is 20.2 Å². The molecule has 0 aliphatic carbocycles. The zero-order chi connectivity index (χ0) is 18.1. The highest BCUT2D eigenvalue weighted by molar-refractivity contribution is 5.96. The molecular formula is C18H19FN2O4. The van der Waals surface area contributed by atoms with Crippen LogP contribution < -0.4 is 20.1 Å². The maximum Gasteiger partial charge on any atom is 0.251 e. The van der Waals surface area contributed by atoms with Crippen molar-refractivity contribution in [2.75, 3.05) is 26.8 Å². The zero-order valence-corrected chi connectivity index (χ0v) is 13.8. The number of nitrogens with one attached hydrogen (secondary N) is 2. The van der Waals surface area contributed by atoms with E-state index in [4.69, 9.17) is 9.47 Å². The van der Waals surface area contributed by atoms with Gasteiger partial charge in [-0.3, -0.25) is 9.59 Å². The van der Waals surface area contributed by atoms with Gasteiger partial charge in [-0.15, -0.1) is 0 Å². The quantitative estimate of drug-likeness (QED) is 0.714. The predicted octanol–water partition coefficient (Wildman–Crippen LogP) is 1.76. The van der Waals surface area contributed by atoms with Crippen LogP contribution in [0.15, 0.2) is 48.5 Å². The third-order valence-corrected chi connectivity index (χ3v) is 3.25. The minimum atomic E-state index is -0.510. The number of benzene rings is 2. The number of rotatable bonds is 8. The second-order valence-electron chi connectivity index (χ2n) is 5.07. The Hall–Kier alpha value is -3.09. The van der Waals surface area contributed by atoms with Crippen LogP contribution in [0.3, 0.4) is 0 Å². The van der Waals surface area contributed by atoms with E-state index in [1.165, 1.54) is 18.2 Å². The largest absolute Gasteiger partial charge is 0.497 e. The first-order valence-electron chi connectivity index (χ1n) is 7.66. The van der Waals surface area contributed by atoms with E-state index >= 15 is 0 Å². The molecule has 0 heterocycles. The average Bonchev–Trinajstić information content (AvgIpc) is 2.63.